The second kappa shape index (κ2) is 7.98. The number of hydrogen-bond donors (Lipinski definition) is 1. The molecule has 0 radical (unpaired) electrons. The first kappa shape index (κ1) is 18.6. The fourth-order valence-electron chi connectivity index (χ4n) is 2.71. The second-order valence-electron chi connectivity index (χ2n) is 5.62. The predicted molar refractivity (Wildman–Crippen MR) is 106 cm³/mol. The van der Waals surface area contributed by atoms with Gasteiger partial charge in [0.2, 0.25) is 0 Å². The van der Waals surface area contributed by atoms with Gasteiger partial charge in [-0.05, 0) is 30.3 Å². The highest BCUT2D eigenvalue weighted by atomic mass is 16.5. The molecule has 0 spiro atoms. The van der Waals surface area contributed by atoms with E-state index in [1.165, 1.54) is 20.3 Å². The minimum absolute atomic E-state index is 0.0843. The van der Waals surface area contributed by atoms with E-state index in [0.717, 1.165) is 0 Å². The summed E-state index contributed by atoms with van der Waals surface area (Å²) in [6.07, 6.45) is 1.22. The maximum atomic E-state index is 12.5. The van der Waals surface area contributed by atoms with E-state index in [9.17, 15) is 4.79 Å². The van der Waals surface area contributed by atoms with E-state index in [4.69, 9.17) is 25.7 Å². The molecule has 138 valence electrons. The lowest BCUT2D eigenvalue weighted by molar-refractivity contribution is 0.355. The number of ether oxygens (including phenoxy) is 2. The van der Waals surface area contributed by atoms with Crippen LogP contribution in [0, 0.1) is 17.9 Å². The number of hydrogen-bond acceptors (Lipinski definition) is 6. The number of benzene rings is 2. The molecule has 0 fully saturated rings. The van der Waals surface area contributed by atoms with E-state index in [2.05, 4.69) is 10.2 Å². The Balaban J connectivity index is 2.24. The van der Waals surface area contributed by atoms with Crippen LogP contribution in [-0.2, 0) is 0 Å². The zero-order valence-electron chi connectivity index (χ0n) is 15.1. The molecule has 28 heavy (non-hydrogen) atoms. The van der Waals surface area contributed by atoms with Gasteiger partial charge in [0, 0.05) is 17.1 Å². The highest BCUT2D eigenvalue weighted by Gasteiger charge is 2.15. The quantitative estimate of drug-likeness (QED) is 0.407. The second-order valence-corrected chi connectivity index (χ2v) is 5.62. The van der Waals surface area contributed by atoms with E-state index < -0.39 is 5.63 Å². The molecule has 0 amide bonds. The van der Waals surface area contributed by atoms with Crippen LogP contribution in [0.1, 0.15) is 5.56 Å². The van der Waals surface area contributed by atoms with Gasteiger partial charge in [-0.1, -0.05) is 12.1 Å². The van der Waals surface area contributed by atoms with Gasteiger partial charge in [0.15, 0.2) is 11.5 Å². The molecule has 0 aliphatic carbocycles. The molecule has 0 saturated heterocycles. The lowest BCUT2D eigenvalue weighted by Crippen LogP contribution is -2.08. The van der Waals surface area contributed by atoms with Gasteiger partial charge >= 0.3 is 5.63 Å². The Morgan fingerprint density at radius 1 is 1.21 bits per heavy atom. The number of para-hydroxylation sites is 1. The van der Waals surface area contributed by atoms with Gasteiger partial charge in [-0.15, -0.1) is 0 Å². The predicted octanol–water partition coefficient (Wildman–Crippen LogP) is 4.34. The van der Waals surface area contributed by atoms with Crippen molar-refractivity contribution in [1.29, 1.82) is 5.26 Å². The summed E-state index contributed by atoms with van der Waals surface area (Å²) >= 11 is 0. The van der Waals surface area contributed by atoms with Crippen molar-refractivity contribution in [3.8, 4) is 17.6 Å². The van der Waals surface area contributed by atoms with Crippen molar-refractivity contribution in [1.82, 2.24) is 0 Å². The molecule has 7 heteroatoms. The first-order valence-corrected chi connectivity index (χ1v) is 8.15. The number of nitriles is 1. The maximum Gasteiger partial charge on any atom is 0.344 e. The van der Waals surface area contributed by atoms with Crippen LogP contribution in [0.5, 0.6) is 11.5 Å². The average Bonchev–Trinajstić information content (AvgIpc) is 2.73. The van der Waals surface area contributed by atoms with Crippen molar-refractivity contribution in [2.24, 2.45) is 0 Å². The van der Waals surface area contributed by atoms with E-state index in [0.29, 0.717) is 33.8 Å². The maximum absolute atomic E-state index is 12.5. The van der Waals surface area contributed by atoms with E-state index >= 15 is 0 Å². The normalized spacial score (nSPS) is 10.8. The molecule has 3 aromatic rings. The lowest BCUT2D eigenvalue weighted by Gasteiger charge is -2.14. The molecule has 3 rings (SSSR count). The molecular weight excluding hydrogens is 358 g/mol. The third kappa shape index (κ3) is 3.50. The van der Waals surface area contributed by atoms with Gasteiger partial charge in [-0.25, -0.2) is 14.9 Å². The largest absolute Gasteiger partial charge is 0.493 e. The summed E-state index contributed by atoms with van der Waals surface area (Å²) in [5.41, 5.74) is 0.644. The first-order valence-electron chi connectivity index (χ1n) is 8.15. The summed E-state index contributed by atoms with van der Waals surface area (Å²) in [5.74, 6) is 1.07. The fraction of sp³-hybridized carbons (Fsp3) is 0.0952. The summed E-state index contributed by atoms with van der Waals surface area (Å²) < 4.78 is 15.9. The van der Waals surface area contributed by atoms with Gasteiger partial charge in [0.05, 0.1) is 38.1 Å². The Morgan fingerprint density at radius 2 is 1.96 bits per heavy atom. The molecule has 0 unspecified atom stereocenters. The molecule has 0 aliphatic heterocycles. The minimum atomic E-state index is -0.655. The highest BCUT2D eigenvalue weighted by molar-refractivity contribution is 5.96. The van der Waals surface area contributed by atoms with Gasteiger partial charge in [0.25, 0.3) is 5.70 Å². The van der Waals surface area contributed by atoms with Crippen LogP contribution in [0.15, 0.2) is 57.4 Å². The summed E-state index contributed by atoms with van der Waals surface area (Å²) in [5, 5.41) is 12.9. The van der Waals surface area contributed by atoms with Gasteiger partial charge < -0.3 is 19.2 Å². The monoisotopic (exact) mass is 373 g/mol. The van der Waals surface area contributed by atoms with Crippen LogP contribution in [0.3, 0.4) is 0 Å². The van der Waals surface area contributed by atoms with Crippen molar-refractivity contribution < 1.29 is 13.9 Å². The Hall–Kier alpha value is -4.23. The number of anilines is 2. The van der Waals surface area contributed by atoms with Crippen LogP contribution in [-0.4, -0.2) is 14.2 Å². The van der Waals surface area contributed by atoms with Crippen LogP contribution in [0.2, 0.25) is 0 Å². The Morgan fingerprint density at radius 3 is 2.64 bits per heavy atom. The van der Waals surface area contributed by atoms with Gasteiger partial charge in [-0.2, -0.15) is 0 Å². The topological polar surface area (TPSA) is 88.8 Å². The average molecular weight is 373 g/mol. The zero-order valence-corrected chi connectivity index (χ0v) is 15.1. The van der Waals surface area contributed by atoms with Gasteiger partial charge in [-0.3, -0.25) is 0 Å². The summed E-state index contributed by atoms with van der Waals surface area (Å²) in [6.45, 7) is 7.08. The molecule has 0 saturated carbocycles. The third-order valence-corrected chi connectivity index (χ3v) is 4.02. The number of allylic oxidation sites excluding steroid dienone is 1. The van der Waals surface area contributed by atoms with E-state index in [-0.39, 0.29) is 11.3 Å². The molecule has 1 aromatic heterocycles. The molecule has 0 atom stereocenters. The number of nitrogens with zero attached hydrogens (tertiary/aromatic N) is 2. The molecule has 2 aromatic carbocycles. The lowest BCUT2D eigenvalue weighted by atomic mass is 10.1. The molecule has 1 N–H and O–H groups in total. The summed E-state index contributed by atoms with van der Waals surface area (Å²) in [4.78, 5) is 15.7. The molecule has 7 nitrogen and oxygen atoms in total. The van der Waals surface area contributed by atoms with Crippen molar-refractivity contribution >= 4 is 28.4 Å². The van der Waals surface area contributed by atoms with Crippen LogP contribution in [0.4, 0.5) is 11.4 Å². The zero-order chi connectivity index (χ0) is 20.1. The fourth-order valence-corrected chi connectivity index (χ4v) is 2.71. The Labute approximate surface area is 160 Å². The summed E-state index contributed by atoms with van der Waals surface area (Å²) in [7, 11) is 3.06. The smallest absolute Gasteiger partial charge is 0.344 e. The van der Waals surface area contributed by atoms with Gasteiger partial charge in [0.1, 0.15) is 5.58 Å². The highest BCUT2D eigenvalue weighted by Crippen LogP contribution is 2.34. The van der Waals surface area contributed by atoms with Crippen LogP contribution >= 0.6 is 0 Å². The Kier molecular flexibility index (Phi) is 5.29. The van der Waals surface area contributed by atoms with E-state index in [1.54, 1.807) is 48.5 Å². The molecule has 0 aliphatic rings. The van der Waals surface area contributed by atoms with Crippen molar-refractivity contribution in [3.05, 3.63) is 75.6 Å². The minimum Gasteiger partial charge on any atom is -0.493 e. The van der Waals surface area contributed by atoms with Crippen molar-refractivity contribution in [3.63, 3.8) is 0 Å². The standard InChI is InChI=1S/C21H15N3O4/c1-23-14(12-22)10-16-20(15-6-4-5-7-17(15)28-21(16)25)24-13-8-9-18(26-2)19(11-13)27-3/h4-11,24H,2-3H3/b14-10-. The summed E-state index contributed by atoms with van der Waals surface area (Å²) in [6, 6.07) is 14.0. The van der Waals surface area contributed by atoms with E-state index in [1.807, 2.05) is 0 Å². The van der Waals surface area contributed by atoms with Crippen LogP contribution < -0.4 is 20.4 Å². The van der Waals surface area contributed by atoms with Crippen LogP contribution in [0.25, 0.3) is 21.9 Å². The Bertz CT molecular complexity index is 1200. The molecule has 0 bridgehead atoms. The number of fused-ring (bicyclic) bond motifs is 1. The van der Waals surface area contributed by atoms with Crippen molar-refractivity contribution in [2.75, 3.05) is 19.5 Å². The third-order valence-electron chi connectivity index (χ3n) is 4.02. The first-order chi connectivity index (χ1) is 13.6. The molecular formula is C21H15N3O4. The van der Waals surface area contributed by atoms with Crippen molar-refractivity contribution in [2.45, 2.75) is 0 Å². The molecule has 1 heterocycles. The SMILES string of the molecule is [C-]#[N+]/C(C#N)=C\c1c(Nc2ccc(OC)c(OC)c2)c2ccccc2oc1=O. The number of methoxy groups -OCH3 is 2. The number of nitrogens with one attached hydrogen (secondary N) is 1. The number of rotatable bonds is 5.